The molecule has 2 aromatic heterocycles. The molecule has 21 heavy (non-hydrogen) atoms. The van der Waals surface area contributed by atoms with Gasteiger partial charge in [-0.25, -0.2) is 4.98 Å². The van der Waals surface area contributed by atoms with Crippen molar-refractivity contribution in [3.05, 3.63) is 45.5 Å². The first-order chi connectivity index (χ1) is 9.86. The molecule has 6 heteroatoms. The molecule has 1 atom stereocenters. The summed E-state index contributed by atoms with van der Waals surface area (Å²) >= 11 is 5.89. The second-order valence-electron chi connectivity index (χ2n) is 5.53. The van der Waals surface area contributed by atoms with Crippen LogP contribution in [-0.4, -0.2) is 38.1 Å². The molecular formula is C15H20ClN3O2. The van der Waals surface area contributed by atoms with E-state index in [4.69, 9.17) is 11.6 Å². The van der Waals surface area contributed by atoms with Gasteiger partial charge >= 0.3 is 0 Å². The Morgan fingerprint density at radius 1 is 1.38 bits per heavy atom. The Hall–Kier alpha value is -1.43. The summed E-state index contributed by atoms with van der Waals surface area (Å²) in [5.74, 6) is 0. The minimum atomic E-state index is -0.423. The van der Waals surface area contributed by atoms with Gasteiger partial charge in [-0.15, -0.1) is 0 Å². The van der Waals surface area contributed by atoms with Crippen LogP contribution in [0.1, 0.15) is 26.5 Å². The summed E-state index contributed by atoms with van der Waals surface area (Å²) in [5, 5.41) is 10.1. The molecule has 0 aliphatic heterocycles. The minimum Gasteiger partial charge on any atom is -0.392 e. The summed E-state index contributed by atoms with van der Waals surface area (Å²) in [7, 11) is 0. The fourth-order valence-corrected chi connectivity index (χ4v) is 2.37. The van der Waals surface area contributed by atoms with E-state index in [1.54, 1.807) is 25.3 Å². The summed E-state index contributed by atoms with van der Waals surface area (Å²) in [6.45, 7) is 6.92. The topological polar surface area (TPSA) is 57.8 Å². The Morgan fingerprint density at radius 2 is 2.10 bits per heavy atom. The smallest absolute Gasteiger partial charge is 0.258 e. The summed E-state index contributed by atoms with van der Waals surface area (Å²) in [4.78, 5) is 18.7. The number of fused-ring (bicyclic) bond motifs is 1. The average Bonchev–Trinajstić information content (AvgIpc) is 2.38. The first kappa shape index (κ1) is 15.9. The minimum absolute atomic E-state index is 0.154. The van der Waals surface area contributed by atoms with Crippen LogP contribution >= 0.6 is 11.6 Å². The van der Waals surface area contributed by atoms with Gasteiger partial charge in [-0.05, 0) is 32.9 Å². The van der Waals surface area contributed by atoms with Crippen molar-refractivity contribution < 1.29 is 5.11 Å². The standard InChI is InChI=1S/C15H20ClN3O2/c1-10(2)18(7-11(3)20)9-13-6-15(21)19-8-12(16)4-5-14(19)17-13/h4-6,8,10-11,20H,7,9H2,1-3H3. The number of nitrogens with zero attached hydrogens (tertiary/aromatic N) is 3. The summed E-state index contributed by atoms with van der Waals surface area (Å²) in [6, 6.07) is 5.20. The van der Waals surface area contributed by atoms with Gasteiger partial charge in [-0.3, -0.25) is 14.1 Å². The molecule has 2 aromatic rings. The Morgan fingerprint density at radius 3 is 2.71 bits per heavy atom. The van der Waals surface area contributed by atoms with Gasteiger partial charge < -0.3 is 5.11 Å². The van der Waals surface area contributed by atoms with Gasteiger partial charge in [0.1, 0.15) is 5.65 Å². The molecule has 0 spiro atoms. The van der Waals surface area contributed by atoms with Gasteiger partial charge in [0.15, 0.2) is 0 Å². The van der Waals surface area contributed by atoms with Crippen LogP contribution in [0.2, 0.25) is 5.02 Å². The van der Waals surface area contributed by atoms with Crippen LogP contribution in [0, 0.1) is 0 Å². The SMILES string of the molecule is CC(O)CN(Cc1cc(=O)n2cc(Cl)ccc2n1)C(C)C. The Labute approximate surface area is 128 Å². The molecule has 0 aliphatic carbocycles. The van der Waals surface area contributed by atoms with Gasteiger partial charge in [-0.2, -0.15) is 0 Å². The maximum Gasteiger partial charge on any atom is 0.258 e. The van der Waals surface area contributed by atoms with E-state index in [0.717, 1.165) is 0 Å². The van der Waals surface area contributed by atoms with Crippen molar-refractivity contribution in [2.24, 2.45) is 0 Å². The first-order valence-corrected chi connectivity index (χ1v) is 7.34. The molecular weight excluding hydrogens is 290 g/mol. The van der Waals surface area contributed by atoms with Crippen molar-refractivity contribution in [3.8, 4) is 0 Å². The van der Waals surface area contributed by atoms with E-state index < -0.39 is 6.10 Å². The molecule has 114 valence electrons. The molecule has 0 aromatic carbocycles. The van der Waals surface area contributed by atoms with E-state index in [1.165, 1.54) is 10.5 Å². The van der Waals surface area contributed by atoms with Crippen LogP contribution in [0.3, 0.4) is 0 Å². The molecule has 2 heterocycles. The van der Waals surface area contributed by atoms with Crippen LogP contribution < -0.4 is 5.56 Å². The fraction of sp³-hybridized carbons (Fsp3) is 0.467. The number of aromatic nitrogens is 2. The lowest BCUT2D eigenvalue weighted by Crippen LogP contribution is -2.36. The molecule has 0 aliphatic rings. The van der Waals surface area contributed by atoms with Crippen molar-refractivity contribution in [1.29, 1.82) is 0 Å². The second-order valence-corrected chi connectivity index (χ2v) is 5.97. The molecule has 0 bridgehead atoms. The van der Waals surface area contributed by atoms with Gasteiger partial charge in [-0.1, -0.05) is 11.6 Å². The fourth-order valence-electron chi connectivity index (χ4n) is 2.21. The van der Waals surface area contributed by atoms with Crippen molar-refractivity contribution in [2.75, 3.05) is 6.54 Å². The zero-order valence-electron chi connectivity index (χ0n) is 12.5. The Kier molecular flexibility index (Phi) is 4.98. The van der Waals surface area contributed by atoms with Crippen molar-refractivity contribution in [2.45, 2.75) is 39.5 Å². The second kappa shape index (κ2) is 6.56. The number of hydrogen-bond donors (Lipinski definition) is 1. The highest BCUT2D eigenvalue weighted by Crippen LogP contribution is 2.10. The summed E-state index contributed by atoms with van der Waals surface area (Å²) in [5.41, 5.74) is 1.11. The number of pyridine rings is 1. The number of rotatable bonds is 5. The maximum atomic E-state index is 12.1. The molecule has 0 radical (unpaired) electrons. The van der Waals surface area contributed by atoms with Gasteiger partial charge in [0.2, 0.25) is 0 Å². The Balaban J connectivity index is 2.34. The van der Waals surface area contributed by atoms with Gasteiger partial charge in [0.05, 0.1) is 16.8 Å². The molecule has 0 fully saturated rings. The maximum absolute atomic E-state index is 12.1. The van der Waals surface area contributed by atoms with E-state index >= 15 is 0 Å². The average molecular weight is 310 g/mol. The lowest BCUT2D eigenvalue weighted by molar-refractivity contribution is 0.102. The highest BCUT2D eigenvalue weighted by atomic mass is 35.5. The highest BCUT2D eigenvalue weighted by molar-refractivity contribution is 6.30. The molecule has 0 saturated carbocycles. The quantitative estimate of drug-likeness (QED) is 0.917. The normalized spacial score (nSPS) is 13.3. The van der Waals surface area contributed by atoms with E-state index in [1.807, 2.05) is 0 Å². The number of halogens is 1. The van der Waals surface area contributed by atoms with Crippen LogP contribution in [0.4, 0.5) is 0 Å². The predicted molar refractivity (Wildman–Crippen MR) is 83.7 cm³/mol. The van der Waals surface area contributed by atoms with Crippen molar-refractivity contribution in [1.82, 2.24) is 14.3 Å². The van der Waals surface area contributed by atoms with Crippen LogP contribution in [-0.2, 0) is 6.54 Å². The molecule has 2 rings (SSSR count). The molecule has 0 saturated heterocycles. The number of aliphatic hydroxyl groups is 1. The molecule has 1 N–H and O–H groups in total. The van der Waals surface area contributed by atoms with Gasteiger partial charge in [0.25, 0.3) is 5.56 Å². The molecule has 5 nitrogen and oxygen atoms in total. The lowest BCUT2D eigenvalue weighted by Gasteiger charge is -2.27. The highest BCUT2D eigenvalue weighted by Gasteiger charge is 2.14. The number of aliphatic hydroxyl groups excluding tert-OH is 1. The van der Waals surface area contributed by atoms with Crippen LogP contribution in [0.15, 0.2) is 29.2 Å². The zero-order chi connectivity index (χ0) is 15.6. The third kappa shape index (κ3) is 4.03. The van der Waals surface area contributed by atoms with E-state index in [0.29, 0.717) is 29.5 Å². The Bertz CT molecular complexity index is 682. The van der Waals surface area contributed by atoms with Crippen LogP contribution in [0.25, 0.3) is 5.65 Å². The summed E-state index contributed by atoms with van der Waals surface area (Å²) in [6.07, 6.45) is 1.14. The third-order valence-electron chi connectivity index (χ3n) is 3.27. The largest absolute Gasteiger partial charge is 0.392 e. The van der Waals surface area contributed by atoms with Gasteiger partial charge in [0, 0.05) is 31.4 Å². The van der Waals surface area contributed by atoms with E-state index in [2.05, 4.69) is 23.7 Å². The molecule has 0 amide bonds. The molecule has 1 unspecified atom stereocenters. The zero-order valence-corrected chi connectivity index (χ0v) is 13.2. The van der Waals surface area contributed by atoms with Crippen LogP contribution in [0.5, 0.6) is 0 Å². The van der Waals surface area contributed by atoms with E-state index in [9.17, 15) is 9.90 Å². The van der Waals surface area contributed by atoms with Crippen molar-refractivity contribution >= 4 is 17.2 Å². The lowest BCUT2D eigenvalue weighted by atomic mass is 10.2. The first-order valence-electron chi connectivity index (χ1n) is 6.97. The summed E-state index contributed by atoms with van der Waals surface area (Å²) < 4.78 is 1.43. The van der Waals surface area contributed by atoms with E-state index in [-0.39, 0.29) is 11.6 Å². The predicted octanol–water partition coefficient (Wildman–Crippen LogP) is 1.94. The third-order valence-corrected chi connectivity index (χ3v) is 3.49. The number of hydrogen-bond acceptors (Lipinski definition) is 4. The monoisotopic (exact) mass is 309 g/mol. The van der Waals surface area contributed by atoms with Crippen molar-refractivity contribution in [3.63, 3.8) is 0 Å².